The number of aliphatic imine (C=N–C) groups is 2. The van der Waals surface area contributed by atoms with Gasteiger partial charge in [0, 0.05) is 83.5 Å². The minimum absolute atomic E-state index is 0.0167. The van der Waals surface area contributed by atoms with Gasteiger partial charge in [0.15, 0.2) is 11.9 Å². The van der Waals surface area contributed by atoms with Crippen LogP contribution in [0.3, 0.4) is 0 Å². The number of nitrogens with one attached hydrogen (secondary N) is 6. The topological polar surface area (TPSA) is 491 Å². The van der Waals surface area contributed by atoms with Gasteiger partial charge in [-0.1, -0.05) is 30.3 Å². The van der Waals surface area contributed by atoms with Gasteiger partial charge in [-0.25, -0.2) is 4.98 Å². The Hall–Kier alpha value is -8.90. The summed E-state index contributed by atoms with van der Waals surface area (Å²) in [5.41, 5.74) is 33.2. The lowest BCUT2D eigenvalue weighted by atomic mass is 9.90. The van der Waals surface area contributed by atoms with Crippen LogP contribution in [0.4, 0.5) is 0 Å². The summed E-state index contributed by atoms with van der Waals surface area (Å²) in [6.45, 7) is 5.43. The number of carbonyl (C=O) groups is 11. The number of hydrogen-bond donors (Lipinski definition) is 13. The summed E-state index contributed by atoms with van der Waals surface area (Å²) < 4.78 is 0. The van der Waals surface area contributed by atoms with E-state index in [0.29, 0.717) is 19.3 Å². The van der Waals surface area contributed by atoms with E-state index >= 15 is 4.79 Å². The molecule has 31 nitrogen and oxygen atoms in total. The monoisotopic (exact) mass is 1220 g/mol. The molecule has 4 rings (SSSR count). The summed E-state index contributed by atoms with van der Waals surface area (Å²) in [5, 5.41) is 24.1. The highest BCUT2D eigenvalue weighted by molar-refractivity contribution is 6.06. The van der Waals surface area contributed by atoms with Gasteiger partial charge in [-0.15, -0.1) is 0 Å². The van der Waals surface area contributed by atoms with Crippen molar-refractivity contribution in [1.82, 2.24) is 56.2 Å². The summed E-state index contributed by atoms with van der Waals surface area (Å²) in [4.78, 5) is 172. The maximum atomic E-state index is 15.1. The Kier molecular flexibility index (Phi) is 27.8. The van der Waals surface area contributed by atoms with Crippen molar-refractivity contribution in [1.29, 1.82) is 0 Å². The summed E-state index contributed by atoms with van der Waals surface area (Å²) in [5.74, 6) is -9.03. The number of amides is 11. The minimum atomic E-state index is -1.74. The molecule has 3 heterocycles. The van der Waals surface area contributed by atoms with Crippen LogP contribution in [0.1, 0.15) is 110 Å². The van der Waals surface area contributed by atoms with Crippen LogP contribution in [0.15, 0.2) is 52.8 Å². The fraction of sp³-hybridized carbons (Fsp3) is 0.607. The summed E-state index contributed by atoms with van der Waals surface area (Å²) in [7, 11) is 1.25. The molecule has 0 bridgehead atoms. The molecule has 87 heavy (non-hydrogen) atoms. The molecule has 2 aliphatic rings. The second kappa shape index (κ2) is 34.3. The molecular formula is C56H89N19O12. The van der Waals surface area contributed by atoms with Gasteiger partial charge >= 0.3 is 0 Å². The first-order chi connectivity index (χ1) is 41.1. The summed E-state index contributed by atoms with van der Waals surface area (Å²) in [6, 6.07) is 0.515. The van der Waals surface area contributed by atoms with Crippen molar-refractivity contribution in [3.63, 3.8) is 0 Å². The Labute approximate surface area is 505 Å². The molecular weight excluding hydrogens is 1130 g/mol. The number of nitrogens with zero attached hydrogens (tertiary/aromatic N) is 7. The number of nitrogens with two attached hydrogens (primary N) is 6. The predicted octanol–water partition coefficient (Wildman–Crippen LogP) is -4.44. The first kappa shape index (κ1) is 70.6. The molecule has 31 heteroatoms. The normalized spacial score (nSPS) is 16.9. The second-order valence-electron chi connectivity index (χ2n) is 22.5. The number of β-amino-alcohol motifs (C(OH)–C–C–N with tert-alkyl or cyclic N) is 1. The number of aliphatic hydroxyl groups is 1. The Morgan fingerprint density at radius 1 is 0.759 bits per heavy atom. The van der Waals surface area contributed by atoms with E-state index in [0.717, 1.165) is 21.1 Å². The number of aromatic nitrogens is 2. The number of unbranched alkanes of at least 4 members (excludes halogenated alkanes) is 1. The van der Waals surface area contributed by atoms with E-state index in [-0.39, 0.29) is 115 Å². The average molecular weight is 1220 g/mol. The zero-order valence-electron chi connectivity index (χ0n) is 50.3. The highest BCUT2D eigenvalue weighted by Gasteiger charge is 2.45. The van der Waals surface area contributed by atoms with E-state index in [1.807, 2.05) is 0 Å². The first-order valence-corrected chi connectivity index (χ1v) is 29.1. The van der Waals surface area contributed by atoms with Gasteiger partial charge in [0.2, 0.25) is 65.0 Å². The summed E-state index contributed by atoms with van der Waals surface area (Å²) in [6.07, 6.45) is 2.12. The third-order valence-corrected chi connectivity index (χ3v) is 14.9. The third kappa shape index (κ3) is 22.5. The largest absolute Gasteiger partial charge is 0.391 e. The van der Waals surface area contributed by atoms with E-state index in [1.54, 1.807) is 50.4 Å². The number of aromatic amines is 1. The van der Waals surface area contributed by atoms with Gasteiger partial charge in [-0.3, -0.25) is 62.7 Å². The van der Waals surface area contributed by atoms with Gasteiger partial charge in [0.1, 0.15) is 41.7 Å². The number of carbonyl (C=O) groups excluding carboxylic acids is 11. The third-order valence-electron chi connectivity index (χ3n) is 14.9. The fourth-order valence-corrected chi connectivity index (χ4v) is 9.98. The number of rotatable bonds is 35. The van der Waals surface area contributed by atoms with Crippen LogP contribution in [-0.4, -0.2) is 213 Å². The number of aliphatic hydroxyl groups excluding tert-OH is 1. The molecule has 2 aromatic rings. The highest BCUT2D eigenvalue weighted by Crippen LogP contribution is 2.24. The highest BCUT2D eigenvalue weighted by atomic mass is 16.3. The van der Waals surface area contributed by atoms with Crippen LogP contribution in [0.25, 0.3) is 0 Å². The second-order valence-corrected chi connectivity index (χ2v) is 22.5. The molecule has 19 N–H and O–H groups in total. The van der Waals surface area contributed by atoms with Crippen molar-refractivity contribution in [3.8, 4) is 0 Å². The SMILES string of the molecule is CC(C)NC(=O)[C@@H]1C[C@@H](O)CN1C(=O)[C@H](CC(N)=O)N(C)C(=O)CN(CCc1ccccc1)C(=O)[C@H](CCCN=C(N)N)NC(=O)[C@@H]1CCCN1C(=O)[C@H](CCCCN=C(N)N)NC(=O)[C@H](CCC(N)=O)NC(=O)C(C)(C)C(=O)NCCc1cnc[nH]1. The molecule has 2 saturated heterocycles. The van der Waals surface area contributed by atoms with Crippen LogP contribution >= 0.6 is 0 Å². The first-order valence-electron chi connectivity index (χ1n) is 29.1. The van der Waals surface area contributed by atoms with Crippen LogP contribution < -0.4 is 61.0 Å². The Morgan fingerprint density at radius 2 is 1.41 bits per heavy atom. The molecule has 7 atom stereocenters. The standard InChI is InChI=1S/C56H89N19O12/c1-33(2)68-48(82)41-27-36(76)30-75(41)51(85)42(28-44(58)78)72(5)45(79)31-73(26-21-34-13-7-6-8-14-34)49(83)38(16-11-23-66-55(61)62)70-47(81)40-17-12-25-74(40)50(84)39(15-9-10-22-65-54(59)60)69-46(80)37(18-19-43(57)77)71-53(87)56(3,4)52(86)64-24-20-35-29-63-32-67-35/h6-8,13-14,29,32-33,36-42,76H,9-12,15-28,30-31H2,1-5H3,(H2,57,77)(H2,58,78)(H,63,67)(H,64,86)(H,68,82)(H,69,80)(H,70,81)(H,71,87)(H4,59,60,65)(H4,61,62,66)/t36-,37+,38+,39+,40+,41+,42+/m1/s1. The Balaban J connectivity index is 1.65. The van der Waals surface area contributed by atoms with Crippen molar-refractivity contribution in [3.05, 3.63) is 54.1 Å². The predicted molar refractivity (Wildman–Crippen MR) is 319 cm³/mol. The van der Waals surface area contributed by atoms with E-state index in [4.69, 9.17) is 34.4 Å². The number of imidazole rings is 1. The number of guanidine groups is 2. The van der Waals surface area contributed by atoms with Crippen molar-refractivity contribution in [2.45, 2.75) is 160 Å². The van der Waals surface area contributed by atoms with Gasteiger partial charge in [-0.05, 0) is 91.0 Å². The average Bonchev–Trinajstić information content (AvgIpc) is 2.34. The maximum Gasteiger partial charge on any atom is 0.246 e. The zero-order valence-corrected chi connectivity index (χ0v) is 50.3. The number of primary amides is 2. The molecule has 2 aliphatic heterocycles. The molecule has 1 aromatic carbocycles. The number of likely N-dealkylation sites (tertiary alicyclic amines) is 2. The van der Waals surface area contributed by atoms with E-state index in [9.17, 15) is 53.1 Å². The summed E-state index contributed by atoms with van der Waals surface area (Å²) >= 11 is 0. The molecule has 0 aliphatic carbocycles. The van der Waals surface area contributed by atoms with Gasteiger partial charge < -0.3 is 90.7 Å². The van der Waals surface area contributed by atoms with Crippen molar-refractivity contribution in [2.24, 2.45) is 49.8 Å². The molecule has 480 valence electrons. The van der Waals surface area contributed by atoms with Crippen molar-refractivity contribution in [2.75, 3.05) is 52.9 Å². The van der Waals surface area contributed by atoms with E-state index in [2.05, 4.69) is 46.5 Å². The Morgan fingerprint density at radius 3 is 2.03 bits per heavy atom. The van der Waals surface area contributed by atoms with Crippen LogP contribution in [0, 0.1) is 5.41 Å². The van der Waals surface area contributed by atoms with E-state index in [1.165, 1.54) is 37.0 Å². The van der Waals surface area contributed by atoms with Crippen molar-refractivity contribution < 1.29 is 57.8 Å². The smallest absolute Gasteiger partial charge is 0.246 e. The lowest BCUT2D eigenvalue weighted by Crippen LogP contribution is -2.59. The molecule has 2 fully saturated rings. The minimum Gasteiger partial charge on any atom is -0.391 e. The van der Waals surface area contributed by atoms with E-state index < -0.39 is 126 Å². The lowest BCUT2D eigenvalue weighted by Gasteiger charge is -2.35. The Bertz CT molecular complexity index is 2750. The molecule has 11 amide bonds. The van der Waals surface area contributed by atoms with Crippen LogP contribution in [0.5, 0.6) is 0 Å². The number of H-pyrrole nitrogens is 1. The molecule has 0 unspecified atom stereocenters. The van der Waals surface area contributed by atoms with Crippen LogP contribution in [0.2, 0.25) is 0 Å². The quantitative estimate of drug-likeness (QED) is 0.0134. The number of benzene rings is 1. The maximum absolute atomic E-state index is 15.1. The molecule has 1 aromatic heterocycles. The molecule has 0 spiro atoms. The van der Waals surface area contributed by atoms with Crippen LogP contribution in [-0.2, 0) is 65.6 Å². The van der Waals surface area contributed by atoms with Gasteiger partial charge in [0.25, 0.3) is 0 Å². The zero-order chi connectivity index (χ0) is 64.5. The fourth-order valence-electron chi connectivity index (χ4n) is 9.98. The van der Waals surface area contributed by atoms with Gasteiger partial charge in [0.05, 0.1) is 25.4 Å². The number of likely N-dealkylation sites (N-methyl/N-ethyl adjacent to an activating group) is 1. The van der Waals surface area contributed by atoms with Crippen molar-refractivity contribution >= 4 is 76.9 Å². The molecule has 0 radical (unpaired) electrons. The molecule has 0 saturated carbocycles. The number of hydrogen-bond acceptors (Lipinski definition) is 15. The lowest BCUT2D eigenvalue weighted by molar-refractivity contribution is -0.150. The van der Waals surface area contributed by atoms with Gasteiger partial charge in [-0.2, -0.15) is 0 Å².